The minimum absolute atomic E-state index is 0.0256. The van der Waals surface area contributed by atoms with Crippen LogP contribution in [0, 0.1) is 5.92 Å². The highest BCUT2D eigenvalue weighted by Gasteiger charge is 2.37. The number of methoxy groups -OCH3 is 1. The summed E-state index contributed by atoms with van der Waals surface area (Å²) in [4.78, 5) is 25.1. The van der Waals surface area contributed by atoms with Gasteiger partial charge in [0.2, 0.25) is 5.91 Å². The summed E-state index contributed by atoms with van der Waals surface area (Å²) in [7, 11) is 1.32. The van der Waals surface area contributed by atoms with Crippen molar-refractivity contribution in [3.05, 3.63) is 23.8 Å². The van der Waals surface area contributed by atoms with Crippen LogP contribution >= 0.6 is 0 Å². The summed E-state index contributed by atoms with van der Waals surface area (Å²) >= 11 is 0. The van der Waals surface area contributed by atoms with Crippen molar-refractivity contribution in [3.63, 3.8) is 0 Å². The van der Waals surface area contributed by atoms with E-state index in [9.17, 15) is 22.8 Å². The molecule has 1 fully saturated rings. The molecule has 1 aliphatic heterocycles. The molecule has 0 radical (unpaired) electrons. The number of amides is 1. The van der Waals surface area contributed by atoms with Gasteiger partial charge in [-0.25, -0.2) is 0 Å². The first-order chi connectivity index (χ1) is 12.6. The number of nitrogens with zero attached hydrogens (tertiary/aromatic N) is 1. The third-order valence-electron chi connectivity index (χ3n) is 4.64. The highest BCUT2D eigenvalue weighted by atomic mass is 19.4. The van der Waals surface area contributed by atoms with Crippen molar-refractivity contribution in [1.29, 1.82) is 0 Å². The van der Waals surface area contributed by atoms with Crippen LogP contribution in [0.4, 0.5) is 13.2 Å². The molecule has 1 heterocycles. The van der Waals surface area contributed by atoms with Gasteiger partial charge >= 0.3 is 12.1 Å². The number of carbonyl (C=O) groups excluding carboxylic acids is 1. The smallest absolute Gasteiger partial charge is 0.422 e. The average Bonchev–Trinajstić information content (AvgIpc) is 2.99. The quantitative estimate of drug-likeness (QED) is 0.776. The SMILES string of the molecule is COc1cc(CCC(=O)N2CCC(C(=O)O)C2C)ccc1OCC(F)(F)F. The maximum Gasteiger partial charge on any atom is 0.422 e. The van der Waals surface area contributed by atoms with Gasteiger partial charge in [0.05, 0.1) is 13.0 Å². The second kappa shape index (κ2) is 8.49. The minimum Gasteiger partial charge on any atom is -0.493 e. The Morgan fingerprint density at radius 1 is 1.30 bits per heavy atom. The van der Waals surface area contributed by atoms with Crippen LogP contribution in [0.3, 0.4) is 0 Å². The zero-order valence-corrected chi connectivity index (χ0v) is 15.1. The Kier molecular flexibility index (Phi) is 6.56. The van der Waals surface area contributed by atoms with Crippen molar-refractivity contribution < 1.29 is 37.3 Å². The second-order valence-corrected chi connectivity index (χ2v) is 6.45. The summed E-state index contributed by atoms with van der Waals surface area (Å²) < 4.78 is 46.6. The first-order valence-corrected chi connectivity index (χ1v) is 8.51. The van der Waals surface area contributed by atoms with Gasteiger partial charge < -0.3 is 19.5 Å². The molecule has 0 bridgehead atoms. The zero-order chi connectivity index (χ0) is 20.2. The number of ether oxygens (including phenoxy) is 2. The van der Waals surface area contributed by atoms with Crippen molar-refractivity contribution in [2.45, 2.75) is 38.4 Å². The molecule has 0 aliphatic carbocycles. The van der Waals surface area contributed by atoms with E-state index < -0.39 is 24.7 Å². The number of carboxylic acid groups (broad SMARTS) is 1. The van der Waals surface area contributed by atoms with Gasteiger partial charge in [-0.05, 0) is 37.5 Å². The number of carboxylic acids is 1. The number of hydrogen-bond donors (Lipinski definition) is 1. The Morgan fingerprint density at radius 3 is 2.56 bits per heavy atom. The van der Waals surface area contributed by atoms with E-state index in [1.54, 1.807) is 17.9 Å². The van der Waals surface area contributed by atoms with Crippen LogP contribution in [0.2, 0.25) is 0 Å². The van der Waals surface area contributed by atoms with E-state index in [-0.39, 0.29) is 29.9 Å². The van der Waals surface area contributed by atoms with Crippen molar-refractivity contribution in [2.24, 2.45) is 5.92 Å². The van der Waals surface area contributed by atoms with Gasteiger partial charge in [0.15, 0.2) is 18.1 Å². The van der Waals surface area contributed by atoms with Crippen molar-refractivity contribution >= 4 is 11.9 Å². The third-order valence-corrected chi connectivity index (χ3v) is 4.64. The van der Waals surface area contributed by atoms with E-state index in [2.05, 4.69) is 0 Å². The molecule has 2 rings (SSSR count). The van der Waals surface area contributed by atoms with E-state index in [4.69, 9.17) is 14.6 Å². The average molecular weight is 389 g/mol. The number of likely N-dealkylation sites (tertiary alicyclic amines) is 1. The molecule has 0 spiro atoms. The van der Waals surface area contributed by atoms with Gasteiger partial charge in [-0.3, -0.25) is 9.59 Å². The maximum atomic E-state index is 12.4. The highest BCUT2D eigenvalue weighted by Crippen LogP contribution is 2.31. The molecule has 0 aromatic heterocycles. The number of aliphatic carboxylic acids is 1. The van der Waals surface area contributed by atoms with Crippen LogP contribution in [-0.4, -0.2) is 54.4 Å². The standard InChI is InChI=1S/C18H22F3NO5/c1-11-13(17(24)25)7-8-22(11)16(23)6-4-12-3-5-14(15(9-12)26-2)27-10-18(19,20)21/h3,5,9,11,13H,4,6-8,10H2,1-2H3,(H,24,25). The van der Waals surface area contributed by atoms with Crippen LogP contribution in [0.5, 0.6) is 11.5 Å². The van der Waals surface area contributed by atoms with Crippen LogP contribution in [-0.2, 0) is 16.0 Å². The van der Waals surface area contributed by atoms with Gasteiger partial charge in [-0.1, -0.05) is 6.07 Å². The number of alkyl halides is 3. The summed E-state index contributed by atoms with van der Waals surface area (Å²) in [5.41, 5.74) is 0.709. The Hall–Kier alpha value is -2.45. The molecule has 150 valence electrons. The predicted octanol–water partition coefficient (Wildman–Crippen LogP) is 2.89. The topological polar surface area (TPSA) is 76.1 Å². The van der Waals surface area contributed by atoms with E-state index >= 15 is 0 Å². The molecule has 1 aromatic rings. The highest BCUT2D eigenvalue weighted by molar-refractivity contribution is 5.79. The number of benzene rings is 1. The largest absolute Gasteiger partial charge is 0.493 e. The summed E-state index contributed by atoms with van der Waals surface area (Å²) in [5.74, 6) is -1.48. The third kappa shape index (κ3) is 5.51. The molecular formula is C18H22F3NO5. The first-order valence-electron chi connectivity index (χ1n) is 8.51. The van der Waals surface area contributed by atoms with Crippen molar-refractivity contribution in [1.82, 2.24) is 4.90 Å². The fourth-order valence-corrected chi connectivity index (χ4v) is 3.16. The van der Waals surface area contributed by atoms with Crippen LogP contribution in [0.25, 0.3) is 0 Å². The number of rotatable bonds is 7. The lowest BCUT2D eigenvalue weighted by atomic mass is 10.0. The lowest BCUT2D eigenvalue weighted by molar-refractivity contribution is -0.153. The summed E-state index contributed by atoms with van der Waals surface area (Å²) in [6, 6.07) is 4.13. The molecule has 2 atom stereocenters. The molecule has 1 aliphatic rings. The molecule has 6 nitrogen and oxygen atoms in total. The Morgan fingerprint density at radius 2 is 2.00 bits per heavy atom. The lowest BCUT2D eigenvalue weighted by Crippen LogP contribution is -2.37. The Balaban J connectivity index is 1.95. The number of carbonyl (C=O) groups is 2. The van der Waals surface area contributed by atoms with Gasteiger partial charge in [-0.2, -0.15) is 13.2 Å². The number of hydrogen-bond acceptors (Lipinski definition) is 4. The maximum absolute atomic E-state index is 12.4. The van der Waals surface area contributed by atoms with Gasteiger partial charge in [0.1, 0.15) is 0 Å². The summed E-state index contributed by atoms with van der Waals surface area (Å²) in [6.07, 6.45) is -3.49. The van der Waals surface area contributed by atoms with E-state index in [0.29, 0.717) is 24.9 Å². The minimum atomic E-state index is -4.45. The van der Waals surface area contributed by atoms with E-state index in [0.717, 1.165) is 0 Å². The van der Waals surface area contributed by atoms with Crippen LogP contribution in [0.15, 0.2) is 18.2 Å². The molecule has 1 N–H and O–H groups in total. The fraction of sp³-hybridized carbons (Fsp3) is 0.556. The monoisotopic (exact) mass is 389 g/mol. The molecule has 1 saturated heterocycles. The molecule has 1 amide bonds. The Labute approximate surface area is 154 Å². The number of halogens is 3. The molecule has 27 heavy (non-hydrogen) atoms. The second-order valence-electron chi connectivity index (χ2n) is 6.45. The van der Waals surface area contributed by atoms with Crippen LogP contribution < -0.4 is 9.47 Å². The van der Waals surface area contributed by atoms with Crippen molar-refractivity contribution in [2.75, 3.05) is 20.3 Å². The summed E-state index contributed by atoms with van der Waals surface area (Å²) in [5, 5.41) is 9.13. The fourth-order valence-electron chi connectivity index (χ4n) is 3.16. The van der Waals surface area contributed by atoms with Crippen LogP contribution in [0.1, 0.15) is 25.3 Å². The molecular weight excluding hydrogens is 367 g/mol. The number of aryl methyl sites for hydroxylation is 1. The van der Waals surface area contributed by atoms with Gasteiger partial charge in [0.25, 0.3) is 0 Å². The molecule has 2 unspecified atom stereocenters. The molecule has 9 heteroatoms. The van der Waals surface area contributed by atoms with Crippen molar-refractivity contribution in [3.8, 4) is 11.5 Å². The Bertz CT molecular complexity index is 692. The normalized spacial score (nSPS) is 19.8. The van der Waals surface area contributed by atoms with Gasteiger partial charge in [0, 0.05) is 19.0 Å². The van der Waals surface area contributed by atoms with E-state index in [1.807, 2.05) is 0 Å². The summed E-state index contributed by atoms with van der Waals surface area (Å²) in [6.45, 7) is 0.711. The van der Waals surface area contributed by atoms with Gasteiger partial charge in [-0.15, -0.1) is 0 Å². The molecule has 1 aromatic carbocycles. The zero-order valence-electron chi connectivity index (χ0n) is 15.1. The first kappa shape index (κ1) is 20.9. The van der Waals surface area contributed by atoms with E-state index in [1.165, 1.54) is 19.2 Å². The lowest BCUT2D eigenvalue weighted by Gasteiger charge is -2.23. The molecule has 0 saturated carbocycles. The predicted molar refractivity (Wildman–Crippen MR) is 89.8 cm³/mol.